The molecule has 2 fully saturated rings. The van der Waals surface area contributed by atoms with Crippen LogP contribution in [-0.4, -0.2) is 45.8 Å². The molecule has 0 spiro atoms. The number of rotatable bonds is 3. The molecule has 1 N–H and O–H groups in total. The lowest BCUT2D eigenvalue weighted by Crippen LogP contribution is -2.49. The average molecular weight is 334 g/mol. The zero-order valence-electron chi connectivity index (χ0n) is 14.2. The lowest BCUT2D eigenvalue weighted by atomic mass is 9.87. The first-order valence-electron chi connectivity index (χ1n) is 9.15. The molecule has 0 radical (unpaired) electrons. The Balaban J connectivity index is 1.32. The van der Waals surface area contributed by atoms with Crippen LogP contribution >= 0.6 is 0 Å². The fourth-order valence-corrected chi connectivity index (χ4v) is 4.20. The van der Waals surface area contributed by atoms with Gasteiger partial charge in [-0.1, -0.05) is 6.07 Å². The highest BCUT2D eigenvalue weighted by molar-refractivity contribution is 5.84. The van der Waals surface area contributed by atoms with Crippen LogP contribution in [0.3, 0.4) is 0 Å². The second kappa shape index (κ2) is 6.15. The Labute approximate surface area is 147 Å². The minimum atomic E-state index is 0.285. The predicted octanol–water partition coefficient (Wildman–Crippen LogP) is 3.49. The van der Waals surface area contributed by atoms with E-state index in [9.17, 15) is 0 Å². The number of hydrogen-bond donors (Lipinski definition) is 1. The molecule has 5 rings (SSSR count). The van der Waals surface area contributed by atoms with E-state index in [1.165, 1.54) is 31.3 Å². The minimum absolute atomic E-state index is 0.285. The topological polar surface area (TPSA) is 54.0 Å². The van der Waals surface area contributed by atoms with Crippen molar-refractivity contribution >= 4 is 10.9 Å². The van der Waals surface area contributed by atoms with E-state index in [2.05, 4.69) is 44.3 Å². The van der Waals surface area contributed by atoms with Gasteiger partial charge in [-0.05, 0) is 50.1 Å². The van der Waals surface area contributed by atoms with Crippen LogP contribution in [0.4, 0.5) is 0 Å². The number of nitrogens with zero attached hydrogens (tertiary/aromatic N) is 3. The highest BCUT2D eigenvalue weighted by Gasteiger charge is 2.33. The number of aromatic nitrogens is 3. The maximum atomic E-state index is 6.18. The molecule has 5 nitrogen and oxygen atoms in total. The van der Waals surface area contributed by atoms with Gasteiger partial charge in [-0.15, -0.1) is 10.2 Å². The van der Waals surface area contributed by atoms with Crippen LogP contribution < -0.4 is 4.74 Å². The summed E-state index contributed by atoms with van der Waals surface area (Å²) in [4.78, 5) is 5.77. The fraction of sp³-hybridized carbons (Fsp3) is 0.400. The minimum Gasteiger partial charge on any atom is -0.473 e. The third-order valence-corrected chi connectivity index (χ3v) is 5.56. The van der Waals surface area contributed by atoms with Gasteiger partial charge in [-0.2, -0.15) is 0 Å². The summed E-state index contributed by atoms with van der Waals surface area (Å²) in [6.07, 6.45) is 5.89. The maximum absolute atomic E-state index is 6.18. The first-order valence-corrected chi connectivity index (χ1v) is 9.15. The van der Waals surface area contributed by atoms with Crippen LogP contribution in [-0.2, 0) is 0 Å². The molecule has 1 aromatic carbocycles. The summed E-state index contributed by atoms with van der Waals surface area (Å²) in [7, 11) is 0. The van der Waals surface area contributed by atoms with Gasteiger partial charge in [0.25, 0.3) is 0 Å². The van der Waals surface area contributed by atoms with Crippen molar-refractivity contribution in [3.05, 3.63) is 42.6 Å². The van der Waals surface area contributed by atoms with Crippen molar-refractivity contribution in [2.24, 2.45) is 5.92 Å². The van der Waals surface area contributed by atoms with Crippen LogP contribution in [0, 0.1) is 5.92 Å². The van der Waals surface area contributed by atoms with Crippen molar-refractivity contribution < 1.29 is 4.74 Å². The number of fused-ring (bicyclic) bond motifs is 3. The molecule has 2 aliphatic rings. The predicted molar refractivity (Wildman–Crippen MR) is 97.5 cm³/mol. The molecule has 5 heteroatoms. The molecule has 2 bridgehead atoms. The van der Waals surface area contributed by atoms with Crippen LogP contribution in [0.2, 0.25) is 0 Å². The smallest absolute Gasteiger partial charge is 0.233 e. The van der Waals surface area contributed by atoms with E-state index >= 15 is 0 Å². The summed E-state index contributed by atoms with van der Waals surface area (Å²) < 4.78 is 6.18. The Hall–Kier alpha value is -2.40. The molecular formula is C20H22N4O. The molecule has 3 atom stereocenters. The summed E-state index contributed by atoms with van der Waals surface area (Å²) in [5.41, 5.74) is 3.09. The summed E-state index contributed by atoms with van der Waals surface area (Å²) in [6.45, 7) is 3.57. The van der Waals surface area contributed by atoms with Crippen LogP contribution in [0.25, 0.3) is 22.2 Å². The number of nitrogens with one attached hydrogen (secondary N) is 1. The normalized spacial score (nSPS) is 25.8. The number of H-pyrrole nitrogens is 1. The zero-order valence-corrected chi connectivity index (χ0v) is 14.2. The fourth-order valence-electron chi connectivity index (χ4n) is 4.20. The van der Waals surface area contributed by atoms with E-state index < -0.39 is 0 Å². The van der Waals surface area contributed by atoms with Crippen molar-refractivity contribution in [1.29, 1.82) is 0 Å². The molecule has 2 aromatic heterocycles. The third-order valence-electron chi connectivity index (χ3n) is 5.56. The zero-order chi connectivity index (χ0) is 16.6. The van der Waals surface area contributed by atoms with Gasteiger partial charge >= 0.3 is 0 Å². The molecule has 0 amide bonds. The molecule has 128 valence electrons. The highest BCUT2D eigenvalue weighted by atomic mass is 16.5. The molecule has 0 saturated carbocycles. The quantitative estimate of drug-likeness (QED) is 0.797. The van der Waals surface area contributed by atoms with Gasteiger partial charge in [-0.3, -0.25) is 0 Å². The van der Waals surface area contributed by atoms with Crippen LogP contribution in [0.1, 0.15) is 19.3 Å². The molecule has 2 unspecified atom stereocenters. The monoisotopic (exact) mass is 334 g/mol. The molecule has 25 heavy (non-hydrogen) atoms. The van der Waals surface area contributed by atoms with E-state index in [1.807, 2.05) is 18.3 Å². The van der Waals surface area contributed by atoms with Gasteiger partial charge in [-0.25, -0.2) is 0 Å². The van der Waals surface area contributed by atoms with Gasteiger partial charge in [0.2, 0.25) is 5.88 Å². The number of aromatic amines is 1. The van der Waals surface area contributed by atoms with Crippen molar-refractivity contribution in [2.45, 2.75) is 25.4 Å². The number of ether oxygens (including phenoxy) is 1. The van der Waals surface area contributed by atoms with Crippen molar-refractivity contribution in [1.82, 2.24) is 20.1 Å². The van der Waals surface area contributed by atoms with Crippen molar-refractivity contribution in [3.8, 4) is 17.1 Å². The molecule has 0 aliphatic carbocycles. The Morgan fingerprint density at radius 3 is 2.96 bits per heavy atom. The summed E-state index contributed by atoms with van der Waals surface area (Å²) in [5, 5.41) is 9.90. The SMILES string of the molecule is c1cc2cc(-c3ccc(OC4CCN5CCC[C@@H]4C5)nn3)ccc2[nH]1. The molecule has 3 aromatic rings. The van der Waals surface area contributed by atoms with E-state index in [1.54, 1.807) is 0 Å². The van der Waals surface area contributed by atoms with Crippen molar-refractivity contribution in [3.63, 3.8) is 0 Å². The average Bonchev–Trinajstić information content (AvgIpc) is 3.13. The third kappa shape index (κ3) is 2.89. The molecule has 2 aliphatic heterocycles. The van der Waals surface area contributed by atoms with Gasteiger partial charge in [0.15, 0.2) is 0 Å². The Bertz CT molecular complexity index is 873. The lowest BCUT2D eigenvalue weighted by Gasteiger charge is -2.42. The largest absolute Gasteiger partial charge is 0.473 e. The van der Waals surface area contributed by atoms with Gasteiger partial charge < -0.3 is 14.6 Å². The number of benzene rings is 1. The first-order chi connectivity index (χ1) is 12.3. The van der Waals surface area contributed by atoms with Gasteiger partial charge in [0, 0.05) is 47.7 Å². The number of piperidine rings is 2. The van der Waals surface area contributed by atoms with Gasteiger partial charge in [0.1, 0.15) is 6.10 Å². The molecular weight excluding hydrogens is 312 g/mol. The maximum Gasteiger partial charge on any atom is 0.233 e. The second-order valence-corrected chi connectivity index (χ2v) is 7.18. The summed E-state index contributed by atoms with van der Waals surface area (Å²) in [5.74, 6) is 1.29. The lowest BCUT2D eigenvalue weighted by molar-refractivity contribution is 0.0123. The van der Waals surface area contributed by atoms with E-state index in [0.717, 1.165) is 29.7 Å². The summed E-state index contributed by atoms with van der Waals surface area (Å²) >= 11 is 0. The molecule has 4 heterocycles. The first kappa shape index (κ1) is 14.9. The van der Waals surface area contributed by atoms with E-state index in [0.29, 0.717) is 11.8 Å². The van der Waals surface area contributed by atoms with Crippen molar-refractivity contribution in [2.75, 3.05) is 19.6 Å². The number of hydrogen-bond acceptors (Lipinski definition) is 4. The Morgan fingerprint density at radius 1 is 1.04 bits per heavy atom. The van der Waals surface area contributed by atoms with E-state index in [4.69, 9.17) is 4.74 Å². The van der Waals surface area contributed by atoms with Crippen LogP contribution in [0.15, 0.2) is 42.6 Å². The molecule has 2 saturated heterocycles. The Morgan fingerprint density at radius 2 is 2.04 bits per heavy atom. The van der Waals surface area contributed by atoms with Gasteiger partial charge in [0.05, 0.1) is 5.69 Å². The second-order valence-electron chi connectivity index (χ2n) is 7.18. The highest BCUT2D eigenvalue weighted by Crippen LogP contribution is 2.30. The standard InChI is InChI=1S/C20H22N4O/c1-2-16-13-24(10-1)11-8-19(16)25-20-6-5-18(22-23-20)14-3-4-17-15(12-14)7-9-21-17/h3-7,9,12,16,19,21H,1-2,8,10-11,13H2/t16-,19?/m1/s1. The Kier molecular flexibility index (Phi) is 3.67. The van der Waals surface area contributed by atoms with E-state index in [-0.39, 0.29) is 6.10 Å². The van der Waals surface area contributed by atoms with Crippen LogP contribution in [0.5, 0.6) is 5.88 Å². The summed E-state index contributed by atoms with van der Waals surface area (Å²) in [6, 6.07) is 12.3.